The Morgan fingerprint density at radius 3 is 1.21 bits per heavy atom. The Kier molecular flexibility index (Phi) is 17.9. The molecule has 9 aromatic rings. The molecule has 6 heterocycles. The summed E-state index contributed by atoms with van der Waals surface area (Å²) in [5.41, 5.74) is 13.2. The minimum Gasteiger partial charge on any atom is -0.372 e. The van der Waals surface area contributed by atoms with Crippen LogP contribution < -0.4 is 21.3 Å². The maximum Gasteiger partial charge on any atom is 0.294 e. The summed E-state index contributed by atoms with van der Waals surface area (Å²) in [5.74, 6) is -1.34. The average Bonchev–Trinajstić information content (AvgIpc) is 1.65. The lowest BCUT2D eigenvalue weighted by Crippen LogP contribution is -2.24. The Balaban J connectivity index is 0.937. The van der Waals surface area contributed by atoms with Crippen LogP contribution in [0.25, 0.3) is 22.8 Å². The molecule has 7 atom stereocenters. The lowest BCUT2D eigenvalue weighted by Gasteiger charge is -2.31. The summed E-state index contributed by atoms with van der Waals surface area (Å²) in [4.78, 5) is 9.48. The Morgan fingerprint density at radius 1 is 0.411 bits per heavy atom. The van der Waals surface area contributed by atoms with Gasteiger partial charge in [-0.3, -0.25) is 18.2 Å². The molecule has 9 N–H and O–H groups in total. The highest BCUT2D eigenvalue weighted by molar-refractivity contribution is 7.86. The van der Waals surface area contributed by atoms with Gasteiger partial charge in [-0.2, -0.15) is 33.7 Å². The zero-order valence-corrected chi connectivity index (χ0v) is 53.0. The Labute approximate surface area is 524 Å². The SMILES string of the molecule is Cc1ccc(-c2ccc(C3C=C/C(=c4/cc/c(=C5/C=CC(c6ccc(C)[nH]6)N5)[nH]4)N3)n2Cc2ccc(C(CC(C)c3ccc(S(=O)(=O)O)cc3)CC(CC(CC(C)c3ccc(S(=O)(=O)O)cc3)c3ccc(S(=O)(=O)O)cc3)c3ccc(S(=O)(=O)O)cc3)cc2)[nH]1. The van der Waals surface area contributed by atoms with Gasteiger partial charge in [0.25, 0.3) is 40.5 Å². The van der Waals surface area contributed by atoms with Crippen molar-refractivity contribution < 1.29 is 51.9 Å². The molecule has 0 spiro atoms. The van der Waals surface area contributed by atoms with Crippen LogP contribution in [-0.4, -0.2) is 71.4 Å². The molecule has 0 amide bonds. The fourth-order valence-corrected chi connectivity index (χ4v) is 14.5. The summed E-state index contributed by atoms with van der Waals surface area (Å²) in [6.45, 7) is 8.57. The molecule has 2 aliphatic rings. The van der Waals surface area contributed by atoms with Crippen molar-refractivity contribution in [1.29, 1.82) is 0 Å². The topological polar surface area (TPSA) is 294 Å². The molecule has 468 valence electrons. The van der Waals surface area contributed by atoms with Crippen molar-refractivity contribution in [3.8, 4) is 11.4 Å². The quantitative estimate of drug-likeness (QED) is 0.0285. The van der Waals surface area contributed by atoms with E-state index in [-0.39, 0.29) is 61.3 Å². The lowest BCUT2D eigenvalue weighted by atomic mass is 9.73. The van der Waals surface area contributed by atoms with E-state index in [0.717, 1.165) is 89.6 Å². The van der Waals surface area contributed by atoms with E-state index in [4.69, 9.17) is 0 Å². The van der Waals surface area contributed by atoms with E-state index in [9.17, 15) is 51.9 Å². The molecular weight excluding hydrogens is 1220 g/mol. The largest absolute Gasteiger partial charge is 0.372 e. The number of H-pyrrole nitrogens is 3. The number of aromatic amines is 3. The highest BCUT2D eigenvalue weighted by atomic mass is 32.2. The van der Waals surface area contributed by atoms with Crippen molar-refractivity contribution in [2.24, 2.45) is 0 Å². The highest BCUT2D eigenvalue weighted by Gasteiger charge is 2.30. The van der Waals surface area contributed by atoms with Crippen LogP contribution in [0.2, 0.25) is 0 Å². The first-order valence-electron chi connectivity index (χ1n) is 29.4. The van der Waals surface area contributed by atoms with Gasteiger partial charge in [0.1, 0.15) is 0 Å². The van der Waals surface area contributed by atoms with Crippen LogP contribution in [0.5, 0.6) is 0 Å². The number of aromatic nitrogens is 4. The van der Waals surface area contributed by atoms with Gasteiger partial charge in [-0.15, -0.1) is 0 Å². The molecule has 11 rings (SSSR count). The highest BCUT2D eigenvalue weighted by Crippen LogP contribution is 2.45. The van der Waals surface area contributed by atoms with Crippen molar-refractivity contribution in [1.82, 2.24) is 30.2 Å². The summed E-state index contributed by atoms with van der Waals surface area (Å²) in [6, 6.07) is 49.1. The van der Waals surface area contributed by atoms with E-state index in [1.165, 1.54) is 48.5 Å². The second-order valence-electron chi connectivity index (χ2n) is 23.7. The van der Waals surface area contributed by atoms with Crippen LogP contribution in [-0.2, 0) is 47.0 Å². The molecule has 22 heteroatoms. The molecule has 7 unspecified atom stereocenters. The molecular formula is C68H70N6O12S4. The second-order valence-corrected chi connectivity index (χ2v) is 29.4. The predicted octanol–water partition coefficient (Wildman–Crippen LogP) is 11.6. The number of hydrogen-bond acceptors (Lipinski definition) is 10. The third kappa shape index (κ3) is 14.6. The molecule has 90 heavy (non-hydrogen) atoms. The zero-order valence-electron chi connectivity index (χ0n) is 49.7. The molecule has 5 aromatic carbocycles. The third-order valence-corrected chi connectivity index (χ3v) is 20.9. The fraction of sp³-hybridized carbons (Fsp3) is 0.235. The third-order valence-electron chi connectivity index (χ3n) is 17.4. The minimum atomic E-state index is -4.58. The maximum atomic E-state index is 12.4. The number of benzene rings is 5. The number of aryl methyl sites for hydroxylation is 2. The van der Waals surface area contributed by atoms with Gasteiger partial charge in [0.2, 0.25) is 0 Å². The monoisotopic (exact) mass is 1290 g/mol. The second kappa shape index (κ2) is 25.5. The molecule has 0 bridgehead atoms. The van der Waals surface area contributed by atoms with E-state index in [0.29, 0.717) is 32.2 Å². The van der Waals surface area contributed by atoms with Crippen LogP contribution in [0.4, 0.5) is 0 Å². The number of rotatable bonds is 22. The molecule has 0 fully saturated rings. The summed E-state index contributed by atoms with van der Waals surface area (Å²) in [5, 5.41) is 9.30. The van der Waals surface area contributed by atoms with E-state index in [1.807, 2.05) is 33.8 Å². The lowest BCUT2D eigenvalue weighted by molar-refractivity contribution is 0.413. The Bertz CT molecular complexity index is 4760. The molecule has 18 nitrogen and oxygen atoms in total. The summed E-state index contributed by atoms with van der Waals surface area (Å²) < 4.78 is 140. The Morgan fingerprint density at radius 2 is 0.800 bits per heavy atom. The van der Waals surface area contributed by atoms with Gasteiger partial charge in [0.05, 0.1) is 65.1 Å². The summed E-state index contributed by atoms with van der Waals surface area (Å²) in [6.07, 6.45) is 10.4. The van der Waals surface area contributed by atoms with Gasteiger partial charge >= 0.3 is 0 Å². The first-order valence-corrected chi connectivity index (χ1v) is 35.2. The van der Waals surface area contributed by atoms with Crippen LogP contribution >= 0.6 is 0 Å². The first kappa shape index (κ1) is 63.3. The molecule has 4 aromatic heterocycles. The molecule has 0 saturated heterocycles. The standard InChI is InChI=1S/C68H70N6O12S4/c1-42(47-11-19-55(20-12-47)87(75,76)77)37-52(39-54(51-17-25-58(26-18-51)90(84,85)86)40-53(50-15-23-57(24-16-50)89(81,82)83)38-43(2)48-13-21-56(22-14-48)88(78,79)80)49-9-7-46(8-10-49)41-74-67(65-28-6-45(4)70-65)35-36-68(74)66-34-33-64(73-66)63-32-31-62(72-63)61-30-29-60(71-61)59-27-5-44(3)69-59/h5-36,42-43,52-54,60,66,69-73H,37-41H2,1-4H3,(H,75,76,77)(H,78,79,80)(H,81,82,83)(H,84,85,86)/b62-61+,64-63+. The molecule has 0 aliphatic carbocycles. The van der Waals surface area contributed by atoms with E-state index in [1.54, 1.807) is 48.5 Å². The number of nitrogens with zero attached hydrogens (tertiary/aromatic N) is 1. The maximum absolute atomic E-state index is 12.4. The van der Waals surface area contributed by atoms with Crippen molar-refractivity contribution in [3.63, 3.8) is 0 Å². The smallest absolute Gasteiger partial charge is 0.294 e. The van der Waals surface area contributed by atoms with Crippen molar-refractivity contribution >= 4 is 51.9 Å². The predicted molar refractivity (Wildman–Crippen MR) is 345 cm³/mol. The van der Waals surface area contributed by atoms with Crippen LogP contribution in [0.3, 0.4) is 0 Å². The van der Waals surface area contributed by atoms with Gasteiger partial charge in [-0.25, -0.2) is 0 Å². The van der Waals surface area contributed by atoms with Gasteiger partial charge in [0, 0.05) is 29.3 Å². The van der Waals surface area contributed by atoms with E-state index in [2.05, 4.69) is 121 Å². The normalized spacial score (nSPS) is 18.3. The van der Waals surface area contributed by atoms with Crippen LogP contribution in [0, 0.1) is 13.8 Å². The Hall–Kier alpha value is -8.32. The van der Waals surface area contributed by atoms with Crippen molar-refractivity contribution in [3.05, 3.63) is 261 Å². The molecule has 0 radical (unpaired) electrons. The van der Waals surface area contributed by atoms with E-state index >= 15 is 0 Å². The first-order chi connectivity index (χ1) is 42.7. The average molecular weight is 1290 g/mol. The van der Waals surface area contributed by atoms with Gasteiger partial charge in [-0.1, -0.05) is 98.8 Å². The zero-order chi connectivity index (χ0) is 63.9. The van der Waals surface area contributed by atoms with Crippen molar-refractivity contribution in [2.45, 2.75) is 121 Å². The van der Waals surface area contributed by atoms with E-state index < -0.39 is 40.5 Å². The van der Waals surface area contributed by atoms with Crippen molar-refractivity contribution in [2.75, 3.05) is 0 Å². The summed E-state index contributed by atoms with van der Waals surface area (Å²) in [7, 11) is -18.1. The summed E-state index contributed by atoms with van der Waals surface area (Å²) >= 11 is 0. The van der Waals surface area contributed by atoms with Crippen LogP contribution in [0.1, 0.15) is 137 Å². The van der Waals surface area contributed by atoms with Gasteiger partial charge < -0.3 is 30.2 Å². The fourth-order valence-electron chi connectivity index (χ4n) is 12.6. The number of nitrogens with one attached hydrogen (secondary N) is 5. The van der Waals surface area contributed by atoms with Crippen LogP contribution in [0.15, 0.2) is 214 Å². The van der Waals surface area contributed by atoms with Gasteiger partial charge in [-0.05, 0) is 212 Å². The van der Waals surface area contributed by atoms with Gasteiger partial charge in [0.15, 0.2) is 0 Å². The molecule has 0 saturated carbocycles. The molecule has 2 aliphatic heterocycles. The minimum absolute atomic E-state index is 0.0454. The number of hydrogen-bond donors (Lipinski definition) is 9.